The molecule has 2 heterocycles. The van der Waals surface area contributed by atoms with E-state index in [1.165, 1.54) is 5.01 Å². The zero-order chi connectivity index (χ0) is 26.7. The van der Waals surface area contributed by atoms with Crippen molar-refractivity contribution in [2.24, 2.45) is 11.0 Å². The molecule has 7 heteroatoms. The number of carbonyl (C=O) groups is 2. The second-order valence-electron chi connectivity index (χ2n) is 9.69. The van der Waals surface area contributed by atoms with Crippen LogP contribution in [0.15, 0.2) is 96.1 Å². The number of para-hydroxylation sites is 1. The van der Waals surface area contributed by atoms with E-state index in [0.717, 1.165) is 16.8 Å². The number of amides is 2. The van der Waals surface area contributed by atoms with Crippen LogP contribution in [0.25, 0.3) is 0 Å². The van der Waals surface area contributed by atoms with Crippen molar-refractivity contribution in [1.29, 1.82) is 0 Å². The minimum atomic E-state index is -1.69. The predicted molar refractivity (Wildman–Crippen MR) is 148 cm³/mol. The number of hydrogen-bond donors (Lipinski definition) is 2. The van der Waals surface area contributed by atoms with Crippen molar-refractivity contribution < 1.29 is 19.8 Å². The van der Waals surface area contributed by atoms with E-state index in [2.05, 4.69) is 5.10 Å². The van der Waals surface area contributed by atoms with Gasteiger partial charge in [-0.15, -0.1) is 0 Å². The smallest absolute Gasteiger partial charge is 0.264 e. The Morgan fingerprint density at radius 2 is 1.68 bits per heavy atom. The average Bonchev–Trinajstić information content (AvgIpc) is 3.17. The van der Waals surface area contributed by atoms with Gasteiger partial charge >= 0.3 is 0 Å². The molecule has 0 saturated carbocycles. The van der Waals surface area contributed by atoms with Gasteiger partial charge in [-0.2, -0.15) is 5.10 Å². The molecule has 7 nitrogen and oxygen atoms in total. The highest BCUT2D eigenvalue weighted by Crippen LogP contribution is 2.45. The van der Waals surface area contributed by atoms with Crippen LogP contribution >= 0.6 is 0 Å². The molecule has 0 aromatic heterocycles. The first-order valence-electron chi connectivity index (χ1n) is 12.9. The number of hydrazone groups is 1. The van der Waals surface area contributed by atoms with Gasteiger partial charge in [-0.1, -0.05) is 79.7 Å². The summed E-state index contributed by atoms with van der Waals surface area (Å²) in [5.74, 6) is -0.918. The number of nitrogens with zero attached hydrogens (tertiary/aromatic N) is 3. The van der Waals surface area contributed by atoms with Crippen LogP contribution in [0.3, 0.4) is 0 Å². The summed E-state index contributed by atoms with van der Waals surface area (Å²) in [6.07, 6.45) is 5.02. The Labute approximate surface area is 222 Å². The summed E-state index contributed by atoms with van der Waals surface area (Å²) in [7, 11) is 0. The second kappa shape index (κ2) is 10.7. The number of carbonyl (C=O) groups excluding carboxylic acids is 2. The van der Waals surface area contributed by atoms with Gasteiger partial charge in [0, 0.05) is 30.9 Å². The van der Waals surface area contributed by atoms with Crippen LogP contribution in [0.4, 0.5) is 11.4 Å². The highest BCUT2D eigenvalue weighted by molar-refractivity contribution is 6.09. The molecular weight excluding hydrogens is 478 g/mol. The molecule has 0 aliphatic carbocycles. The lowest BCUT2D eigenvalue weighted by Crippen LogP contribution is -2.44. The van der Waals surface area contributed by atoms with E-state index in [9.17, 15) is 14.7 Å². The van der Waals surface area contributed by atoms with Gasteiger partial charge in [0.1, 0.15) is 0 Å². The minimum absolute atomic E-state index is 0.0101. The third kappa shape index (κ3) is 4.66. The summed E-state index contributed by atoms with van der Waals surface area (Å²) in [5.41, 5.74) is 2.96. The van der Waals surface area contributed by atoms with E-state index in [1.807, 2.05) is 72.8 Å². The lowest BCUT2D eigenvalue weighted by molar-refractivity contribution is -0.139. The molecule has 0 bridgehead atoms. The number of aliphatic hydroxyl groups excluding tert-OH is 1. The van der Waals surface area contributed by atoms with Crippen molar-refractivity contribution in [3.63, 3.8) is 0 Å². The normalized spacial score (nSPS) is 20.1. The lowest BCUT2D eigenvalue weighted by Gasteiger charge is -2.28. The van der Waals surface area contributed by atoms with Crippen molar-refractivity contribution in [2.45, 2.75) is 38.3 Å². The molecule has 0 fully saturated rings. The summed E-state index contributed by atoms with van der Waals surface area (Å²) < 4.78 is 0. The summed E-state index contributed by atoms with van der Waals surface area (Å²) >= 11 is 0. The monoisotopic (exact) mass is 509 g/mol. The maximum atomic E-state index is 13.6. The van der Waals surface area contributed by atoms with Crippen molar-refractivity contribution in [3.05, 3.63) is 108 Å². The Morgan fingerprint density at radius 1 is 0.974 bits per heavy atom. The quantitative estimate of drug-likeness (QED) is 0.437. The highest BCUT2D eigenvalue weighted by atomic mass is 16.3. The Balaban J connectivity index is 1.38. The topological polar surface area (TPSA) is 93.4 Å². The molecule has 0 spiro atoms. The third-order valence-electron chi connectivity index (χ3n) is 7.22. The minimum Gasteiger partial charge on any atom is -0.396 e. The predicted octanol–water partition coefficient (Wildman–Crippen LogP) is 4.53. The molecule has 2 amide bonds. The van der Waals surface area contributed by atoms with E-state index in [4.69, 9.17) is 5.11 Å². The van der Waals surface area contributed by atoms with Crippen molar-refractivity contribution in [1.82, 2.24) is 0 Å². The molecule has 0 unspecified atom stereocenters. The van der Waals surface area contributed by atoms with Crippen LogP contribution in [0.1, 0.15) is 42.9 Å². The Kier molecular flexibility index (Phi) is 7.22. The van der Waals surface area contributed by atoms with Crippen molar-refractivity contribution in [2.75, 3.05) is 16.5 Å². The van der Waals surface area contributed by atoms with Gasteiger partial charge in [-0.25, -0.2) is 5.01 Å². The molecular formula is C31H31N3O4. The van der Waals surface area contributed by atoms with E-state index in [0.29, 0.717) is 36.2 Å². The highest BCUT2D eigenvalue weighted by Gasteiger charge is 2.52. The summed E-state index contributed by atoms with van der Waals surface area (Å²) in [6.45, 7) is 2.09. The van der Waals surface area contributed by atoms with Crippen LogP contribution < -0.4 is 9.91 Å². The van der Waals surface area contributed by atoms with E-state index in [-0.39, 0.29) is 25.0 Å². The van der Waals surface area contributed by atoms with Gasteiger partial charge in [0.2, 0.25) is 5.91 Å². The molecule has 194 valence electrons. The molecule has 3 aromatic carbocycles. The van der Waals surface area contributed by atoms with Crippen LogP contribution in [0, 0.1) is 5.92 Å². The molecule has 3 aromatic rings. The fourth-order valence-electron chi connectivity index (χ4n) is 5.09. The van der Waals surface area contributed by atoms with Gasteiger partial charge in [0.15, 0.2) is 5.60 Å². The molecule has 0 radical (unpaired) electrons. The molecule has 0 saturated heterocycles. The van der Waals surface area contributed by atoms with Crippen LogP contribution in [0.5, 0.6) is 0 Å². The Hall–Kier alpha value is -4.07. The lowest BCUT2D eigenvalue weighted by atomic mass is 9.83. The van der Waals surface area contributed by atoms with Crippen LogP contribution in [-0.4, -0.2) is 34.3 Å². The van der Waals surface area contributed by atoms with Crippen molar-refractivity contribution in [3.8, 4) is 0 Å². The number of anilines is 2. The maximum absolute atomic E-state index is 13.6. The molecule has 38 heavy (non-hydrogen) atoms. The fourth-order valence-corrected chi connectivity index (χ4v) is 5.09. The van der Waals surface area contributed by atoms with Gasteiger partial charge < -0.3 is 15.1 Å². The maximum Gasteiger partial charge on any atom is 0.264 e. The van der Waals surface area contributed by atoms with Gasteiger partial charge in [-0.05, 0) is 35.7 Å². The molecule has 5 rings (SSSR count). The summed E-state index contributed by atoms with van der Waals surface area (Å²) in [5, 5.41) is 26.8. The van der Waals surface area contributed by atoms with E-state index >= 15 is 0 Å². The van der Waals surface area contributed by atoms with E-state index < -0.39 is 11.5 Å². The number of rotatable bonds is 8. The zero-order valence-corrected chi connectivity index (χ0v) is 21.3. The summed E-state index contributed by atoms with van der Waals surface area (Å²) in [4.78, 5) is 27.9. The first kappa shape index (κ1) is 25.6. The number of fused-ring (bicyclic) bond motifs is 1. The van der Waals surface area contributed by atoms with Crippen LogP contribution in [0.2, 0.25) is 0 Å². The first-order chi connectivity index (χ1) is 18.4. The average molecular weight is 510 g/mol. The first-order valence-corrected chi connectivity index (χ1v) is 12.9. The van der Waals surface area contributed by atoms with Gasteiger partial charge in [0.25, 0.3) is 5.91 Å². The van der Waals surface area contributed by atoms with E-state index in [1.54, 1.807) is 30.0 Å². The zero-order valence-electron chi connectivity index (χ0n) is 21.3. The fraction of sp³-hybridized carbons (Fsp3) is 0.258. The number of aliphatic hydroxyl groups is 2. The molecule has 2 atom stereocenters. The molecule has 2 aliphatic rings. The number of hydrogen-bond acceptors (Lipinski definition) is 5. The molecule has 2 N–H and O–H groups in total. The third-order valence-corrected chi connectivity index (χ3v) is 7.22. The Morgan fingerprint density at radius 3 is 2.42 bits per heavy atom. The SMILES string of the molecule is C[C@@H](/C=C/CCO)[C@]1(O)C(=O)N(Cc2ccc(N3N=C(c4ccccc4)CCC3=O)cc2)c2ccccc21. The van der Waals surface area contributed by atoms with Gasteiger partial charge in [0.05, 0.1) is 23.6 Å². The molecule has 2 aliphatic heterocycles. The summed E-state index contributed by atoms with van der Waals surface area (Å²) in [6, 6.07) is 24.6. The Bertz CT molecular complexity index is 1380. The second-order valence-corrected chi connectivity index (χ2v) is 9.69. The number of benzene rings is 3. The van der Waals surface area contributed by atoms with Gasteiger partial charge in [-0.3, -0.25) is 9.59 Å². The van der Waals surface area contributed by atoms with Crippen LogP contribution in [-0.2, 0) is 21.7 Å². The largest absolute Gasteiger partial charge is 0.396 e. The van der Waals surface area contributed by atoms with Crippen molar-refractivity contribution >= 4 is 28.9 Å². The standard InChI is InChI=1S/C31H31N3O4/c1-22(9-7-8-20-35)31(38)26-12-5-6-13-28(26)33(30(31)37)21-23-14-16-25(17-15-23)34-29(36)19-18-27(32-34)24-10-3-2-4-11-24/h2-7,9-17,22,35,38H,8,18-21H2,1H3/b9-7+/t22-,31+/m0/s1.